The number of para-hydroxylation sites is 2. The standard InChI is InChI=1S/C23H26N6O3S2/c1-14-6-7-15-18(12-14)34-22-20(15)21(24)25-23(26-22)33-13-19(30)28-10-8-27(9-11-28)16-4-2-3-5-17(16)29(31)32/h2-5,14H,6-13H2,1H3,(H2,24,25,26). The predicted molar refractivity (Wildman–Crippen MR) is 136 cm³/mol. The summed E-state index contributed by atoms with van der Waals surface area (Å²) in [6.07, 6.45) is 3.25. The molecule has 3 heterocycles. The summed E-state index contributed by atoms with van der Waals surface area (Å²) in [5.41, 5.74) is 8.30. The topological polar surface area (TPSA) is 118 Å². The van der Waals surface area contributed by atoms with Crippen molar-refractivity contribution in [1.29, 1.82) is 0 Å². The molecular weight excluding hydrogens is 472 g/mol. The molecule has 1 aliphatic carbocycles. The lowest BCUT2D eigenvalue weighted by atomic mass is 9.89. The van der Waals surface area contributed by atoms with Crippen LogP contribution < -0.4 is 10.6 Å². The van der Waals surface area contributed by atoms with Gasteiger partial charge in [-0.1, -0.05) is 30.8 Å². The van der Waals surface area contributed by atoms with Crippen molar-refractivity contribution in [3.8, 4) is 0 Å². The van der Waals surface area contributed by atoms with Crippen molar-refractivity contribution in [2.45, 2.75) is 31.3 Å². The number of carbonyl (C=O) groups excluding carboxylic acids is 1. The number of fused-ring (bicyclic) bond motifs is 3. The SMILES string of the molecule is CC1CCc2c(sc3nc(SCC(=O)N4CCN(c5ccccc5[N+](=O)[O-])CC4)nc(N)c23)C1. The van der Waals surface area contributed by atoms with Crippen molar-refractivity contribution < 1.29 is 9.72 Å². The summed E-state index contributed by atoms with van der Waals surface area (Å²) in [6, 6.07) is 6.73. The Kier molecular flexibility index (Phi) is 6.30. The van der Waals surface area contributed by atoms with Crippen LogP contribution in [0.4, 0.5) is 17.2 Å². The number of aromatic nitrogens is 2. The molecule has 2 N–H and O–H groups in total. The van der Waals surface area contributed by atoms with E-state index < -0.39 is 0 Å². The van der Waals surface area contributed by atoms with Gasteiger partial charge in [0.05, 0.1) is 16.1 Å². The third kappa shape index (κ3) is 4.41. The van der Waals surface area contributed by atoms with Gasteiger partial charge >= 0.3 is 0 Å². The van der Waals surface area contributed by atoms with Crippen molar-refractivity contribution in [2.75, 3.05) is 42.6 Å². The molecule has 1 amide bonds. The molecule has 1 atom stereocenters. The average Bonchev–Trinajstić information content (AvgIpc) is 3.20. The van der Waals surface area contributed by atoms with Crippen molar-refractivity contribution in [3.63, 3.8) is 0 Å². The molecule has 1 aromatic carbocycles. The Bertz CT molecular complexity index is 1250. The Morgan fingerprint density at radius 3 is 2.79 bits per heavy atom. The van der Waals surface area contributed by atoms with Crippen LogP contribution in [0.5, 0.6) is 0 Å². The molecule has 5 rings (SSSR count). The highest BCUT2D eigenvalue weighted by Gasteiger charge is 2.26. The molecule has 3 aromatic rings. The second-order valence-corrected chi connectivity index (χ2v) is 10.9. The van der Waals surface area contributed by atoms with Crippen molar-refractivity contribution in [1.82, 2.24) is 14.9 Å². The van der Waals surface area contributed by atoms with Gasteiger partial charge in [0, 0.05) is 37.1 Å². The van der Waals surface area contributed by atoms with E-state index in [9.17, 15) is 14.9 Å². The van der Waals surface area contributed by atoms with E-state index in [0.717, 1.165) is 29.5 Å². The molecule has 34 heavy (non-hydrogen) atoms. The van der Waals surface area contributed by atoms with Gasteiger partial charge in [-0.15, -0.1) is 11.3 Å². The van der Waals surface area contributed by atoms with Crippen LogP contribution in [0.1, 0.15) is 23.8 Å². The number of anilines is 2. The predicted octanol–water partition coefficient (Wildman–Crippen LogP) is 3.75. The second-order valence-electron chi connectivity index (χ2n) is 8.83. The number of nitro groups is 1. The van der Waals surface area contributed by atoms with Crippen LogP contribution in [-0.4, -0.2) is 57.6 Å². The zero-order valence-electron chi connectivity index (χ0n) is 18.9. The number of nitro benzene ring substituents is 1. The summed E-state index contributed by atoms with van der Waals surface area (Å²) in [5.74, 6) is 1.42. The molecule has 1 fully saturated rings. The summed E-state index contributed by atoms with van der Waals surface area (Å²) >= 11 is 3.01. The van der Waals surface area contributed by atoms with E-state index in [1.807, 2.05) is 4.90 Å². The number of hydrogen-bond donors (Lipinski definition) is 1. The monoisotopic (exact) mass is 498 g/mol. The fourth-order valence-corrected chi connectivity index (χ4v) is 6.92. The van der Waals surface area contributed by atoms with Crippen LogP contribution in [0.25, 0.3) is 10.2 Å². The van der Waals surface area contributed by atoms with E-state index >= 15 is 0 Å². The summed E-state index contributed by atoms with van der Waals surface area (Å²) in [4.78, 5) is 39.0. The first-order valence-electron chi connectivity index (χ1n) is 11.4. The Morgan fingerprint density at radius 1 is 1.26 bits per heavy atom. The minimum absolute atomic E-state index is 0.00813. The zero-order valence-corrected chi connectivity index (χ0v) is 20.5. The second kappa shape index (κ2) is 9.38. The Morgan fingerprint density at radius 2 is 2.03 bits per heavy atom. The minimum Gasteiger partial charge on any atom is -0.383 e. The molecule has 1 saturated heterocycles. The molecule has 9 nitrogen and oxygen atoms in total. The third-order valence-corrected chi connectivity index (χ3v) is 8.52. The highest BCUT2D eigenvalue weighted by Crippen LogP contribution is 2.40. The molecular formula is C23H26N6O3S2. The first-order chi connectivity index (χ1) is 16.4. The van der Waals surface area contributed by atoms with Crippen LogP contribution in [0.15, 0.2) is 29.4 Å². The van der Waals surface area contributed by atoms with Crippen LogP contribution >= 0.6 is 23.1 Å². The lowest BCUT2D eigenvalue weighted by Crippen LogP contribution is -2.49. The number of carbonyl (C=O) groups is 1. The maximum Gasteiger partial charge on any atom is 0.292 e. The Balaban J connectivity index is 1.21. The highest BCUT2D eigenvalue weighted by molar-refractivity contribution is 7.99. The van der Waals surface area contributed by atoms with Gasteiger partial charge in [-0.2, -0.15) is 0 Å². The fraction of sp³-hybridized carbons (Fsp3) is 0.435. The molecule has 1 aliphatic heterocycles. The normalized spacial score (nSPS) is 18.2. The number of rotatable bonds is 5. The molecule has 0 saturated carbocycles. The summed E-state index contributed by atoms with van der Waals surface area (Å²) in [5, 5.41) is 12.9. The van der Waals surface area contributed by atoms with Gasteiger partial charge in [0.15, 0.2) is 5.16 Å². The van der Waals surface area contributed by atoms with Crippen LogP contribution in [0.2, 0.25) is 0 Å². The zero-order chi connectivity index (χ0) is 23.8. The quantitative estimate of drug-likeness (QED) is 0.245. The number of hydrogen-bond acceptors (Lipinski definition) is 9. The molecule has 2 aromatic heterocycles. The van der Waals surface area contributed by atoms with Gasteiger partial charge < -0.3 is 15.5 Å². The number of nitrogens with two attached hydrogens (primary N) is 1. The van der Waals surface area contributed by atoms with Crippen molar-refractivity contribution in [2.24, 2.45) is 5.92 Å². The van der Waals surface area contributed by atoms with Gasteiger partial charge in [0.2, 0.25) is 5.91 Å². The third-order valence-electron chi connectivity index (χ3n) is 6.54. The number of thiophene rings is 1. The average molecular weight is 499 g/mol. The fourth-order valence-electron chi connectivity index (χ4n) is 4.71. The number of benzene rings is 1. The van der Waals surface area contributed by atoms with Gasteiger partial charge in [0.25, 0.3) is 5.69 Å². The molecule has 0 bridgehead atoms. The largest absolute Gasteiger partial charge is 0.383 e. The Labute approximate surface area is 205 Å². The first-order valence-corrected chi connectivity index (χ1v) is 13.2. The number of nitrogen functional groups attached to an aromatic ring is 1. The van der Waals surface area contributed by atoms with Gasteiger partial charge in [-0.25, -0.2) is 9.97 Å². The van der Waals surface area contributed by atoms with Crippen LogP contribution in [-0.2, 0) is 17.6 Å². The molecule has 178 valence electrons. The molecule has 2 aliphatic rings. The van der Waals surface area contributed by atoms with Crippen LogP contribution in [0, 0.1) is 16.0 Å². The summed E-state index contributed by atoms with van der Waals surface area (Å²) < 4.78 is 0. The highest BCUT2D eigenvalue weighted by atomic mass is 32.2. The number of amides is 1. The van der Waals surface area contributed by atoms with Crippen LogP contribution in [0.3, 0.4) is 0 Å². The van der Waals surface area contributed by atoms with Gasteiger partial charge in [-0.3, -0.25) is 14.9 Å². The minimum atomic E-state index is -0.364. The number of aryl methyl sites for hydroxylation is 1. The maximum atomic E-state index is 12.8. The van der Waals surface area contributed by atoms with E-state index in [1.165, 1.54) is 28.3 Å². The van der Waals surface area contributed by atoms with E-state index in [4.69, 9.17) is 10.7 Å². The number of piperazine rings is 1. The van der Waals surface area contributed by atoms with E-state index in [2.05, 4.69) is 11.9 Å². The number of thioether (sulfide) groups is 1. The smallest absolute Gasteiger partial charge is 0.292 e. The lowest BCUT2D eigenvalue weighted by Gasteiger charge is -2.35. The van der Waals surface area contributed by atoms with E-state index in [0.29, 0.717) is 48.8 Å². The maximum absolute atomic E-state index is 12.8. The van der Waals surface area contributed by atoms with Crippen molar-refractivity contribution >= 4 is 56.4 Å². The van der Waals surface area contributed by atoms with Gasteiger partial charge in [-0.05, 0) is 36.8 Å². The number of nitrogens with zero attached hydrogens (tertiary/aromatic N) is 5. The molecule has 0 spiro atoms. The van der Waals surface area contributed by atoms with E-state index in [-0.39, 0.29) is 22.3 Å². The van der Waals surface area contributed by atoms with E-state index in [1.54, 1.807) is 34.4 Å². The Hall–Kier alpha value is -2.92. The van der Waals surface area contributed by atoms with Crippen molar-refractivity contribution in [3.05, 3.63) is 44.8 Å². The lowest BCUT2D eigenvalue weighted by molar-refractivity contribution is -0.384. The molecule has 1 unspecified atom stereocenters. The molecule has 11 heteroatoms. The molecule has 0 radical (unpaired) electrons. The summed E-state index contributed by atoms with van der Waals surface area (Å²) in [6.45, 7) is 4.41. The first kappa shape index (κ1) is 22.9. The van der Waals surface area contributed by atoms with Gasteiger partial charge in [0.1, 0.15) is 16.3 Å². The summed E-state index contributed by atoms with van der Waals surface area (Å²) in [7, 11) is 0.